The molecule has 0 saturated carbocycles. The average Bonchev–Trinajstić information content (AvgIpc) is 2.51. The molecule has 0 atom stereocenters. The van der Waals surface area contributed by atoms with Gasteiger partial charge in [-0.25, -0.2) is 0 Å². The molecule has 0 spiro atoms. The summed E-state index contributed by atoms with van der Waals surface area (Å²) in [6.07, 6.45) is 21.9. The summed E-state index contributed by atoms with van der Waals surface area (Å²) in [4.78, 5) is 10.3. The molecule has 0 radical (unpaired) electrons. The Balaban J connectivity index is 0. The lowest BCUT2D eigenvalue weighted by atomic mass is 10.0. The number of carboxylic acids is 1. The van der Waals surface area contributed by atoms with Crippen molar-refractivity contribution in [2.24, 2.45) is 0 Å². The molecule has 0 bridgehead atoms. The van der Waals surface area contributed by atoms with E-state index in [1.165, 1.54) is 83.5 Å². The van der Waals surface area contributed by atoms with Crippen LogP contribution in [0.3, 0.4) is 0 Å². The molecule has 0 aliphatic heterocycles. The van der Waals surface area contributed by atoms with Crippen LogP contribution in [0.1, 0.15) is 117 Å². The van der Waals surface area contributed by atoms with Crippen LogP contribution < -0.4 is 0 Å². The fraction of sp³-hybridized carbons (Fsp3) is 0.857. The van der Waals surface area contributed by atoms with Gasteiger partial charge in [-0.1, -0.05) is 103 Å². The van der Waals surface area contributed by atoms with Crippen molar-refractivity contribution in [2.45, 2.75) is 117 Å². The van der Waals surface area contributed by atoms with E-state index < -0.39 is 5.97 Å². The van der Waals surface area contributed by atoms with E-state index in [4.69, 9.17) is 5.11 Å². The molecule has 0 aromatic rings. The smallest absolute Gasteiger partial charge is 0.303 e. The van der Waals surface area contributed by atoms with Crippen molar-refractivity contribution in [3.8, 4) is 0 Å². The first-order chi connectivity index (χ1) is 11.2. The third kappa shape index (κ3) is 29.8. The summed E-state index contributed by atoms with van der Waals surface area (Å²) in [6, 6.07) is 0. The van der Waals surface area contributed by atoms with Gasteiger partial charge in [0.2, 0.25) is 0 Å². The normalized spacial score (nSPS) is 10.0. The minimum absolute atomic E-state index is 0.345. The Labute approximate surface area is 145 Å². The number of unbranched alkanes of at least 4 members (excludes halogenated alkanes) is 14. The standard InChI is InChI=1S/C18H36O2.C3H6/c1-2-3-4-5-6-7-8-9-10-11-12-13-14-15-16-17-18(19)20;1-3-2/h2-17H2,1H3,(H,19,20);3H,1H2,2H3. The molecule has 0 amide bonds. The summed E-state index contributed by atoms with van der Waals surface area (Å²) in [5.74, 6) is -0.653. The van der Waals surface area contributed by atoms with Gasteiger partial charge in [-0.3, -0.25) is 4.79 Å². The van der Waals surface area contributed by atoms with Crippen LogP contribution >= 0.6 is 0 Å². The van der Waals surface area contributed by atoms with Crippen LogP contribution in [0.4, 0.5) is 0 Å². The quantitative estimate of drug-likeness (QED) is 0.235. The largest absolute Gasteiger partial charge is 0.481 e. The highest BCUT2D eigenvalue weighted by molar-refractivity contribution is 5.66. The maximum Gasteiger partial charge on any atom is 0.303 e. The first-order valence-electron chi connectivity index (χ1n) is 9.97. The van der Waals surface area contributed by atoms with Crippen LogP contribution in [0.2, 0.25) is 0 Å². The molecule has 0 fully saturated rings. The molecule has 138 valence electrons. The van der Waals surface area contributed by atoms with Gasteiger partial charge in [0.25, 0.3) is 0 Å². The third-order valence-electron chi connectivity index (χ3n) is 3.99. The molecule has 0 aliphatic rings. The van der Waals surface area contributed by atoms with Crippen LogP contribution in [-0.2, 0) is 4.79 Å². The van der Waals surface area contributed by atoms with Gasteiger partial charge in [0.05, 0.1) is 0 Å². The van der Waals surface area contributed by atoms with Crippen molar-refractivity contribution >= 4 is 5.97 Å². The highest BCUT2D eigenvalue weighted by Gasteiger charge is 1.97. The Kier molecular flexibility index (Phi) is 25.0. The van der Waals surface area contributed by atoms with Crippen molar-refractivity contribution in [1.29, 1.82) is 0 Å². The second-order valence-corrected chi connectivity index (χ2v) is 6.50. The summed E-state index contributed by atoms with van der Waals surface area (Å²) in [5, 5.41) is 8.52. The molecule has 0 aromatic heterocycles. The highest BCUT2D eigenvalue weighted by atomic mass is 16.4. The Morgan fingerprint density at radius 2 is 1.00 bits per heavy atom. The molecule has 0 saturated heterocycles. The van der Waals surface area contributed by atoms with Crippen LogP contribution in [0.25, 0.3) is 0 Å². The number of rotatable bonds is 16. The van der Waals surface area contributed by atoms with Crippen LogP contribution in [0, 0.1) is 0 Å². The zero-order valence-electron chi connectivity index (χ0n) is 16.0. The van der Waals surface area contributed by atoms with E-state index in [0.29, 0.717) is 6.42 Å². The van der Waals surface area contributed by atoms with E-state index in [1.54, 1.807) is 6.08 Å². The van der Waals surface area contributed by atoms with Crippen molar-refractivity contribution < 1.29 is 9.90 Å². The maximum atomic E-state index is 10.3. The van der Waals surface area contributed by atoms with E-state index in [0.717, 1.165) is 12.8 Å². The van der Waals surface area contributed by atoms with E-state index >= 15 is 0 Å². The van der Waals surface area contributed by atoms with Crippen LogP contribution in [0.15, 0.2) is 12.7 Å². The molecule has 23 heavy (non-hydrogen) atoms. The van der Waals surface area contributed by atoms with Crippen molar-refractivity contribution in [3.05, 3.63) is 12.7 Å². The second kappa shape index (κ2) is 23.5. The summed E-state index contributed by atoms with van der Waals surface area (Å²) >= 11 is 0. The predicted molar refractivity (Wildman–Crippen MR) is 103 cm³/mol. The molecule has 0 aliphatic carbocycles. The summed E-state index contributed by atoms with van der Waals surface area (Å²) in [6.45, 7) is 7.52. The summed E-state index contributed by atoms with van der Waals surface area (Å²) < 4.78 is 0. The monoisotopic (exact) mass is 326 g/mol. The van der Waals surface area contributed by atoms with Gasteiger partial charge in [-0.05, 0) is 13.3 Å². The lowest BCUT2D eigenvalue weighted by Crippen LogP contribution is -1.93. The fourth-order valence-corrected chi connectivity index (χ4v) is 2.65. The minimum atomic E-state index is -0.653. The Morgan fingerprint density at radius 3 is 1.26 bits per heavy atom. The number of hydrogen-bond donors (Lipinski definition) is 1. The van der Waals surface area contributed by atoms with Gasteiger partial charge >= 0.3 is 5.97 Å². The molecular formula is C21H42O2. The van der Waals surface area contributed by atoms with E-state index in [9.17, 15) is 4.79 Å². The highest BCUT2D eigenvalue weighted by Crippen LogP contribution is 2.13. The Hall–Kier alpha value is -0.790. The second-order valence-electron chi connectivity index (χ2n) is 6.50. The Bertz CT molecular complexity index is 236. The number of carbonyl (C=O) groups is 1. The molecule has 0 aromatic carbocycles. The van der Waals surface area contributed by atoms with Crippen molar-refractivity contribution in [2.75, 3.05) is 0 Å². The molecule has 0 heterocycles. The van der Waals surface area contributed by atoms with Gasteiger partial charge in [-0.15, -0.1) is 6.58 Å². The molecule has 0 unspecified atom stereocenters. The molecule has 2 heteroatoms. The van der Waals surface area contributed by atoms with Gasteiger partial charge in [0.1, 0.15) is 0 Å². The van der Waals surface area contributed by atoms with E-state index in [-0.39, 0.29) is 0 Å². The lowest BCUT2D eigenvalue weighted by Gasteiger charge is -2.03. The topological polar surface area (TPSA) is 37.3 Å². The van der Waals surface area contributed by atoms with Crippen LogP contribution in [-0.4, -0.2) is 11.1 Å². The van der Waals surface area contributed by atoms with Gasteiger partial charge < -0.3 is 5.11 Å². The lowest BCUT2D eigenvalue weighted by molar-refractivity contribution is -0.137. The van der Waals surface area contributed by atoms with E-state index in [2.05, 4.69) is 13.5 Å². The van der Waals surface area contributed by atoms with Crippen LogP contribution in [0.5, 0.6) is 0 Å². The fourth-order valence-electron chi connectivity index (χ4n) is 2.65. The van der Waals surface area contributed by atoms with Gasteiger partial charge in [0, 0.05) is 6.42 Å². The van der Waals surface area contributed by atoms with E-state index in [1.807, 2.05) is 6.92 Å². The zero-order valence-corrected chi connectivity index (χ0v) is 16.0. The molecular weight excluding hydrogens is 284 g/mol. The first-order valence-corrected chi connectivity index (χ1v) is 9.97. The number of hydrogen-bond acceptors (Lipinski definition) is 1. The number of carboxylic acid groups (broad SMARTS) is 1. The van der Waals surface area contributed by atoms with Crippen molar-refractivity contribution in [1.82, 2.24) is 0 Å². The first kappa shape index (κ1) is 24.5. The summed E-state index contributed by atoms with van der Waals surface area (Å²) in [7, 11) is 0. The number of allylic oxidation sites excluding steroid dienone is 1. The van der Waals surface area contributed by atoms with Gasteiger partial charge in [-0.2, -0.15) is 0 Å². The van der Waals surface area contributed by atoms with Gasteiger partial charge in [0.15, 0.2) is 0 Å². The average molecular weight is 327 g/mol. The molecule has 0 rings (SSSR count). The summed E-state index contributed by atoms with van der Waals surface area (Å²) in [5.41, 5.74) is 0. The molecule has 2 nitrogen and oxygen atoms in total. The zero-order chi connectivity index (χ0) is 17.6. The SMILES string of the molecule is C=CC.CCCCCCCCCCCCCCCCCC(=O)O. The molecule has 1 N–H and O–H groups in total. The number of aliphatic carboxylic acids is 1. The minimum Gasteiger partial charge on any atom is -0.481 e. The third-order valence-corrected chi connectivity index (χ3v) is 3.99. The predicted octanol–water partition coefficient (Wildman–Crippen LogP) is 7.52. The maximum absolute atomic E-state index is 10.3. The Morgan fingerprint density at radius 1 is 0.739 bits per heavy atom. The van der Waals surface area contributed by atoms with Crippen molar-refractivity contribution in [3.63, 3.8) is 0 Å².